The molecule has 0 aliphatic carbocycles. The highest BCUT2D eigenvalue weighted by Crippen LogP contribution is 2.39. The quantitative estimate of drug-likeness (QED) is 0.857. The van der Waals surface area contributed by atoms with E-state index in [0.717, 1.165) is 13.1 Å². The lowest BCUT2D eigenvalue weighted by Crippen LogP contribution is -2.26. The van der Waals surface area contributed by atoms with Crippen LogP contribution in [0.5, 0.6) is 0 Å². The number of nitrogens with one attached hydrogen (secondary N) is 1. The van der Waals surface area contributed by atoms with Gasteiger partial charge in [-0.2, -0.15) is 0 Å². The number of anilines is 1. The van der Waals surface area contributed by atoms with Crippen LogP contribution in [-0.2, 0) is 6.54 Å². The molecule has 3 nitrogen and oxygen atoms in total. The molecule has 2 heterocycles. The number of hydrogen-bond acceptors (Lipinski definition) is 4. The molecule has 4 heteroatoms. The highest BCUT2D eigenvalue weighted by molar-refractivity contribution is 7.13. The number of rotatable bonds is 6. The molecular formula is C14H25N3S. The lowest BCUT2D eigenvalue weighted by molar-refractivity contribution is 0.301. The van der Waals surface area contributed by atoms with Crippen molar-refractivity contribution in [2.45, 2.75) is 46.6 Å². The van der Waals surface area contributed by atoms with Crippen molar-refractivity contribution in [2.24, 2.45) is 5.41 Å². The van der Waals surface area contributed by atoms with Gasteiger partial charge in [-0.05, 0) is 31.2 Å². The molecule has 1 saturated heterocycles. The maximum Gasteiger partial charge on any atom is 0.185 e. The molecule has 1 aromatic rings. The van der Waals surface area contributed by atoms with Crippen molar-refractivity contribution in [3.8, 4) is 0 Å². The van der Waals surface area contributed by atoms with Crippen LogP contribution in [0, 0.1) is 5.41 Å². The van der Waals surface area contributed by atoms with Crippen LogP contribution < -0.4 is 10.2 Å². The van der Waals surface area contributed by atoms with Gasteiger partial charge in [0.1, 0.15) is 0 Å². The highest BCUT2D eigenvalue weighted by Gasteiger charge is 2.35. The van der Waals surface area contributed by atoms with E-state index >= 15 is 0 Å². The van der Waals surface area contributed by atoms with Crippen LogP contribution in [0.25, 0.3) is 0 Å². The molecule has 1 aliphatic rings. The van der Waals surface area contributed by atoms with Crippen molar-refractivity contribution in [3.63, 3.8) is 0 Å². The van der Waals surface area contributed by atoms with E-state index in [-0.39, 0.29) is 0 Å². The summed E-state index contributed by atoms with van der Waals surface area (Å²) in [4.78, 5) is 7.23. The van der Waals surface area contributed by atoms with Gasteiger partial charge in [-0.3, -0.25) is 0 Å². The fourth-order valence-electron chi connectivity index (χ4n) is 2.70. The molecule has 0 radical (unpaired) electrons. The Kier molecular flexibility index (Phi) is 4.62. The number of aromatic nitrogens is 1. The molecule has 1 fully saturated rings. The Morgan fingerprint density at radius 1 is 1.39 bits per heavy atom. The molecule has 102 valence electrons. The second-order valence-corrected chi connectivity index (χ2v) is 6.12. The normalized spacial score (nSPS) is 18.5. The van der Waals surface area contributed by atoms with Gasteiger partial charge in [0.2, 0.25) is 0 Å². The third-order valence-electron chi connectivity index (χ3n) is 4.30. The summed E-state index contributed by atoms with van der Waals surface area (Å²) < 4.78 is 0. The van der Waals surface area contributed by atoms with E-state index in [1.54, 1.807) is 11.3 Å². The molecule has 0 bridgehead atoms. The third-order valence-corrected chi connectivity index (χ3v) is 5.25. The molecule has 0 aromatic carbocycles. The van der Waals surface area contributed by atoms with Crippen molar-refractivity contribution in [1.29, 1.82) is 0 Å². The topological polar surface area (TPSA) is 28.2 Å². The van der Waals surface area contributed by atoms with Crippen LogP contribution in [-0.4, -0.2) is 24.6 Å². The lowest BCUT2D eigenvalue weighted by Gasteiger charge is -2.26. The minimum atomic E-state index is 0.535. The van der Waals surface area contributed by atoms with Gasteiger partial charge in [-0.1, -0.05) is 20.8 Å². The van der Waals surface area contributed by atoms with E-state index in [1.165, 1.54) is 43.2 Å². The average Bonchev–Trinajstić information content (AvgIpc) is 3.03. The molecule has 1 aliphatic heterocycles. The van der Waals surface area contributed by atoms with Crippen LogP contribution in [0.15, 0.2) is 5.38 Å². The molecule has 0 amide bonds. The molecule has 2 rings (SSSR count). The monoisotopic (exact) mass is 267 g/mol. The van der Waals surface area contributed by atoms with Crippen molar-refractivity contribution in [2.75, 3.05) is 24.5 Å². The maximum atomic E-state index is 4.75. The number of thiazole rings is 1. The Bertz CT molecular complexity index is 371. The SMILES string of the molecule is CCNCc1csc(N2CCC(CC)(CC)C2)n1. The van der Waals surface area contributed by atoms with Gasteiger partial charge in [0.25, 0.3) is 0 Å². The lowest BCUT2D eigenvalue weighted by atomic mass is 9.82. The molecule has 1 aromatic heterocycles. The van der Waals surface area contributed by atoms with Crippen LogP contribution >= 0.6 is 11.3 Å². The Balaban J connectivity index is 1.98. The molecule has 0 atom stereocenters. The van der Waals surface area contributed by atoms with Crippen LogP contribution in [0.2, 0.25) is 0 Å². The standard InChI is InChI=1S/C14H25N3S/c1-4-14(5-2)7-8-17(11-14)13-16-12(10-18-13)9-15-6-3/h10,15H,4-9,11H2,1-3H3. The summed E-state index contributed by atoms with van der Waals surface area (Å²) in [6.45, 7) is 11.0. The molecule has 1 N–H and O–H groups in total. The molecule has 0 spiro atoms. The predicted octanol–water partition coefficient (Wildman–Crippen LogP) is 3.27. The first-order chi connectivity index (χ1) is 8.73. The van der Waals surface area contributed by atoms with Crippen molar-refractivity contribution >= 4 is 16.5 Å². The van der Waals surface area contributed by atoms with E-state index in [2.05, 4.69) is 36.4 Å². The van der Waals surface area contributed by atoms with Crippen molar-refractivity contribution in [3.05, 3.63) is 11.1 Å². The van der Waals surface area contributed by atoms with Crippen molar-refractivity contribution < 1.29 is 0 Å². The van der Waals surface area contributed by atoms with Crippen LogP contribution in [0.3, 0.4) is 0 Å². The Hall–Kier alpha value is -0.610. The summed E-state index contributed by atoms with van der Waals surface area (Å²) in [7, 11) is 0. The van der Waals surface area contributed by atoms with Gasteiger partial charge in [-0.15, -0.1) is 11.3 Å². The number of hydrogen-bond donors (Lipinski definition) is 1. The first kappa shape index (κ1) is 13.8. The van der Waals surface area contributed by atoms with Crippen LogP contribution in [0.1, 0.15) is 45.7 Å². The Labute approximate surface area is 115 Å². The van der Waals surface area contributed by atoms with E-state index < -0.39 is 0 Å². The van der Waals surface area contributed by atoms with Gasteiger partial charge in [-0.25, -0.2) is 4.98 Å². The summed E-state index contributed by atoms with van der Waals surface area (Å²) >= 11 is 1.79. The minimum absolute atomic E-state index is 0.535. The zero-order chi connectivity index (χ0) is 13.0. The van der Waals surface area contributed by atoms with E-state index in [1.807, 2.05) is 0 Å². The van der Waals surface area contributed by atoms with Gasteiger partial charge in [0.05, 0.1) is 5.69 Å². The first-order valence-electron chi connectivity index (χ1n) is 7.13. The van der Waals surface area contributed by atoms with Crippen molar-refractivity contribution in [1.82, 2.24) is 10.3 Å². The molecule has 0 saturated carbocycles. The largest absolute Gasteiger partial charge is 0.348 e. The summed E-state index contributed by atoms with van der Waals surface area (Å²) in [6.07, 6.45) is 3.90. The summed E-state index contributed by atoms with van der Waals surface area (Å²) in [5.74, 6) is 0. The molecule has 0 unspecified atom stereocenters. The van der Waals surface area contributed by atoms with E-state index in [0.29, 0.717) is 5.41 Å². The second kappa shape index (κ2) is 6.02. The zero-order valence-corrected chi connectivity index (χ0v) is 12.6. The van der Waals surface area contributed by atoms with E-state index in [9.17, 15) is 0 Å². The Morgan fingerprint density at radius 3 is 2.78 bits per heavy atom. The third kappa shape index (κ3) is 2.86. The van der Waals surface area contributed by atoms with E-state index in [4.69, 9.17) is 4.98 Å². The fourth-order valence-corrected chi connectivity index (χ4v) is 3.55. The summed E-state index contributed by atoms with van der Waals surface area (Å²) in [5, 5.41) is 6.74. The average molecular weight is 267 g/mol. The summed E-state index contributed by atoms with van der Waals surface area (Å²) in [6, 6.07) is 0. The Morgan fingerprint density at radius 2 is 2.17 bits per heavy atom. The smallest absolute Gasteiger partial charge is 0.185 e. The predicted molar refractivity (Wildman–Crippen MR) is 79.3 cm³/mol. The maximum absolute atomic E-state index is 4.75. The second-order valence-electron chi connectivity index (χ2n) is 5.28. The van der Waals surface area contributed by atoms with Crippen LogP contribution in [0.4, 0.5) is 5.13 Å². The first-order valence-corrected chi connectivity index (χ1v) is 8.01. The zero-order valence-electron chi connectivity index (χ0n) is 11.8. The number of nitrogens with zero attached hydrogens (tertiary/aromatic N) is 2. The van der Waals surface area contributed by atoms with Gasteiger partial charge >= 0.3 is 0 Å². The van der Waals surface area contributed by atoms with Gasteiger partial charge in [0, 0.05) is 25.0 Å². The molecular weight excluding hydrogens is 242 g/mol. The summed E-state index contributed by atoms with van der Waals surface area (Å²) in [5.41, 5.74) is 1.72. The van der Waals surface area contributed by atoms with Gasteiger partial charge in [0.15, 0.2) is 5.13 Å². The minimum Gasteiger partial charge on any atom is -0.348 e. The fraction of sp³-hybridized carbons (Fsp3) is 0.786. The van der Waals surface area contributed by atoms with Gasteiger partial charge < -0.3 is 10.2 Å². The molecule has 18 heavy (non-hydrogen) atoms. The highest BCUT2D eigenvalue weighted by atomic mass is 32.1.